The van der Waals surface area contributed by atoms with Crippen molar-refractivity contribution < 1.29 is 61.4 Å². The molecule has 20 nitrogen and oxygen atoms in total. The molecule has 23 heteroatoms. The maximum Gasteiger partial charge on any atom is 0.490 e. The van der Waals surface area contributed by atoms with Crippen LogP contribution in [-0.2, 0) is 38.1 Å². The Morgan fingerprint density at radius 2 is 1.75 bits per heavy atom. The summed E-state index contributed by atoms with van der Waals surface area (Å²) in [5.74, 6) is -0.151. The number of aliphatic hydroxyl groups excluding tert-OH is 2. The Balaban J connectivity index is 1.73. The second-order valence-electron chi connectivity index (χ2n) is 7.33. The van der Waals surface area contributed by atoms with Gasteiger partial charge < -0.3 is 40.3 Å². The number of nitrogen functional groups attached to an aromatic ring is 1. The number of ether oxygens (including phenoxy) is 1. The number of anilines is 1. The van der Waals surface area contributed by atoms with Gasteiger partial charge in [0.25, 0.3) is 0 Å². The van der Waals surface area contributed by atoms with E-state index in [0.717, 1.165) is 4.57 Å². The first kappa shape index (κ1) is 28.7. The predicted octanol–water partition coefficient (Wildman–Crippen LogP) is -2.26. The van der Waals surface area contributed by atoms with Crippen LogP contribution in [0.1, 0.15) is 17.5 Å². The average Bonchev–Trinajstić information content (AvgIpc) is 3.23. The summed E-state index contributed by atoms with van der Waals surface area (Å²) in [6.45, 7) is 0.667. The van der Waals surface area contributed by atoms with Gasteiger partial charge in [-0.25, -0.2) is 23.2 Å². The average molecular weight is 578 g/mol. The van der Waals surface area contributed by atoms with Gasteiger partial charge in [-0.1, -0.05) is 5.21 Å². The quantitative estimate of drug-likeness (QED) is 0.146. The summed E-state index contributed by atoms with van der Waals surface area (Å²) in [5, 5.41) is 28.3. The van der Waals surface area contributed by atoms with Crippen LogP contribution < -0.4 is 11.4 Å². The zero-order valence-corrected chi connectivity index (χ0v) is 20.7. The molecule has 1 saturated heterocycles. The second kappa shape index (κ2) is 10.5. The van der Waals surface area contributed by atoms with E-state index < -0.39 is 60.3 Å². The lowest BCUT2D eigenvalue weighted by Crippen LogP contribution is -2.36. The highest BCUT2D eigenvalue weighted by Crippen LogP contribution is 2.66. The fraction of sp³-hybridized carbons (Fsp3) is 0.538. The molecule has 3 heterocycles. The van der Waals surface area contributed by atoms with E-state index in [1.165, 1.54) is 10.9 Å². The molecule has 36 heavy (non-hydrogen) atoms. The lowest BCUT2D eigenvalue weighted by molar-refractivity contribution is -0.0542. The summed E-state index contributed by atoms with van der Waals surface area (Å²) < 4.78 is 53.0. The molecule has 3 rings (SSSR count). The van der Waals surface area contributed by atoms with Crippen LogP contribution in [0.4, 0.5) is 5.82 Å². The van der Waals surface area contributed by atoms with Crippen molar-refractivity contribution in [3.63, 3.8) is 0 Å². The van der Waals surface area contributed by atoms with E-state index in [0.29, 0.717) is 5.69 Å². The van der Waals surface area contributed by atoms with E-state index in [2.05, 4.69) is 28.4 Å². The zero-order valence-electron chi connectivity index (χ0n) is 18.0. The van der Waals surface area contributed by atoms with Crippen LogP contribution in [0.2, 0.25) is 0 Å². The van der Waals surface area contributed by atoms with Crippen molar-refractivity contribution in [2.45, 2.75) is 38.0 Å². The molecule has 1 aliphatic heterocycles. The van der Waals surface area contributed by atoms with Gasteiger partial charge in [-0.3, -0.25) is 9.09 Å². The van der Waals surface area contributed by atoms with Gasteiger partial charge in [-0.05, 0) is 6.92 Å². The number of phosphoric acid groups is 3. The topological polar surface area (TPSA) is 301 Å². The van der Waals surface area contributed by atoms with Gasteiger partial charge in [0.1, 0.15) is 24.1 Å². The number of hydrogen-bond acceptors (Lipinski definition) is 14. The third-order valence-electron chi connectivity index (χ3n) is 4.48. The maximum atomic E-state index is 12.4. The third-order valence-corrected chi connectivity index (χ3v) is 8.28. The Morgan fingerprint density at radius 3 is 2.33 bits per heavy atom. The molecule has 6 atom stereocenters. The fourth-order valence-electron chi connectivity index (χ4n) is 3.04. The molecule has 0 radical (unpaired) electrons. The van der Waals surface area contributed by atoms with Gasteiger partial charge in [-0.2, -0.15) is 13.6 Å². The van der Waals surface area contributed by atoms with Crippen LogP contribution >= 0.6 is 23.5 Å². The van der Waals surface area contributed by atoms with E-state index in [-0.39, 0.29) is 17.9 Å². The smallest absolute Gasteiger partial charge is 0.387 e. The summed E-state index contributed by atoms with van der Waals surface area (Å²) in [7, 11) is -16.9. The number of rotatable bonds is 10. The van der Waals surface area contributed by atoms with Crippen molar-refractivity contribution in [3.8, 4) is 0 Å². The van der Waals surface area contributed by atoms with Crippen molar-refractivity contribution in [2.24, 2.45) is 0 Å². The molecular formula is C13H21N6O14P3. The molecule has 0 amide bonds. The molecule has 0 aromatic carbocycles. The van der Waals surface area contributed by atoms with Gasteiger partial charge in [0, 0.05) is 18.0 Å². The zero-order chi connectivity index (χ0) is 27.1. The molecular weight excluding hydrogens is 557 g/mol. The second-order valence-corrected chi connectivity index (χ2v) is 11.8. The van der Waals surface area contributed by atoms with Crippen molar-refractivity contribution in [2.75, 3.05) is 12.3 Å². The Hall–Kier alpha value is -1.89. The number of nitrogens with zero attached hydrogens (tertiary/aromatic N) is 5. The minimum atomic E-state index is -5.76. The van der Waals surface area contributed by atoms with Gasteiger partial charge in [0.2, 0.25) is 0 Å². The van der Waals surface area contributed by atoms with Crippen LogP contribution in [0.3, 0.4) is 0 Å². The molecule has 1 fully saturated rings. The highest BCUT2D eigenvalue weighted by atomic mass is 31.3. The van der Waals surface area contributed by atoms with Gasteiger partial charge in [-0.15, -0.1) is 5.10 Å². The summed E-state index contributed by atoms with van der Waals surface area (Å²) >= 11 is 0. The van der Waals surface area contributed by atoms with Crippen LogP contribution in [0.25, 0.3) is 0 Å². The number of nitrogens with two attached hydrogens (primary N) is 1. The molecule has 2 aromatic heterocycles. The van der Waals surface area contributed by atoms with Gasteiger partial charge >= 0.3 is 29.2 Å². The Morgan fingerprint density at radius 1 is 1.08 bits per heavy atom. The number of aromatic nitrogens is 5. The summed E-state index contributed by atoms with van der Waals surface area (Å²) in [5.41, 5.74) is 5.68. The molecule has 0 bridgehead atoms. The SMILES string of the molecule is Cc1cn(Cc2cn([C@@H]3O[C@H](COP(=O)(O)OP(=O)(O)OP(=O)(O)O)C(O)[C@@H]3O)c(=O)nc2N)nn1. The van der Waals surface area contributed by atoms with Crippen LogP contribution in [0.15, 0.2) is 17.2 Å². The van der Waals surface area contributed by atoms with Gasteiger partial charge in [0.15, 0.2) is 6.23 Å². The van der Waals surface area contributed by atoms with Crippen molar-refractivity contribution in [3.05, 3.63) is 34.1 Å². The minimum Gasteiger partial charge on any atom is -0.387 e. The van der Waals surface area contributed by atoms with Crippen LogP contribution in [-0.4, -0.2) is 79.3 Å². The first-order valence-corrected chi connectivity index (χ1v) is 14.0. The number of phosphoric ester groups is 1. The minimum absolute atomic E-state index is 0.0286. The van der Waals surface area contributed by atoms with Crippen molar-refractivity contribution >= 4 is 29.3 Å². The first-order chi connectivity index (χ1) is 16.5. The highest BCUT2D eigenvalue weighted by Gasteiger charge is 2.47. The molecule has 0 aliphatic carbocycles. The number of aliphatic hydroxyl groups is 2. The van der Waals surface area contributed by atoms with Crippen molar-refractivity contribution in [1.82, 2.24) is 24.5 Å². The first-order valence-electron chi connectivity index (χ1n) is 9.50. The Labute approximate surface area is 200 Å². The standard InChI is InChI=1S/C13H21N6O14P3/c1-6-2-18(17-16-6)3-7-4-19(13(22)15-11(7)14)12-10(21)9(20)8(31-12)5-30-35(26,27)33-36(28,29)32-34(23,24)25/h2,4,8-10,12,20-21H,3,5H2,1H3,(H,26,27)(H,28,29)(H2,14,15,22)(H2,23,24,25)/t8-,9?,10+,12-/m1/s1. The molecule has 202 valence electrons. The van der Waals surface area contributed by atoms with E-state index in [9.17, 15) is 33.6 Å². The van der Waals surface area contributed by atoms with E-state index in [4.69, 9.17) is 25.2 Å². The molecule has 0 spiro atoms. The maximum absolute atomic E-state index is 12.4. The van der Waals surface area contributed by atoms with E-state index in [1.54, 1.807) is 13.1 Å². The fourth-order valence-corrected chi connectivity index (χ4v) is 6.07. The van der Waals surface area contributed by atoms with Gasteiger partial charge in [0.05, 0.1) is 18.8 Å². The van der Waals surface area contributed by atoms with Crippen LogP contribution in [0.5, 0.6) is 0 Å². The lowest BCUT2D eigenvalue weighted by Gasteiger charge is -2.19. The molecule has 0 saturated carbocycles. The van der Waals surface area contributed by atoms with E-state index >= 15 is 0 Å². The molecule has 3 unspecified atom stereocenters. The Kier molecular flexibility index (Phi) is 8.34. The summed E-state index contributed by atoms with van der Waals surface area (Å²) in [6.07, 6.45) is -4.00. The summed E-state index contributed by atoms with van der Waals surface area (Å²) in [4.78, 5) is 51.8. The number of hydrogen-bond donors (Lipinski definition) is 7. The highest BCUT2D eigenvalue weighted by molar-refractivity contribution is 7.66. The third kappa shape index (κ3) is 7.33. The summed E-state index contributed by atoms with van der Waals surface area (Å²) in [6, 6.07) is 0. The van der Waals surface area contributed by atoms with Crippen LogP contribution in [0, 0.1) is 6.92 Å². The molecule has 8 N–H and O–H groups in total. The monoisotopic (exact) mass is 578 g/mol. The van der Waals surface area contributed by atoms with E-state index in [1.807, 2.05) is 0 Å². The van der Waals surface area contributed by atoms with Crippen molar-refractivity contribution in [1.29, 1.82) is 0 Å². The largest absolute Gasteiger partial charge is 0.490 e. The molecule has 2 aromatic rings. The predicted molar refractivity (Wildman–Crippen MR) is 113 cm³/mol. The normalized spacial score (nSPS) is 26.0. The Bertz CT molecular complexity index is 1310. The number of aryl methyl sites for hydroxylation is 1. The molecule has 1 aliphatic rings. The lowest BCUT2D eigenvalue weighted by atomic mass is 10.1.